The van der Waals surface area contributed by atoms with Crippen LogP contribution in [0.4, 0.5) is 23.2 Å². The van der Waals surface area contributed by atoms with Crippen molar-refractivity contribution in [2.45, 2.75) is 51.2 Å². The van der Waals surface area contributed by atoms with Crippen molar-refractivity contribution in [3.8, 4) is 0 Å². The van der Waals surface area contributed by atoms with E-state index < -0.39 is 17.4 Å². The zero-order valence-corrected chi connectivity index (χ0v) is 17.4. The fraction of sp³-hybridized carbons (Fsp3) is 0.455. The Bertz CT molecular complexity index is 1040. The summed E-state index contributed by atoms with van der Waals surface area (Å²) < 4.78 is 64.4. The van der Waals surface area contributed by atoms with Crippen LogP contribution in [0.15, 0.2) is 42.6 Å². The van der Waals surface area contributed by atoms with E-state index in [0.29, 0.717) is 11.4 Å². The van der Waals surface area contributed by atoms with Gasteiger partial charge in [0.2, 0.25) is 0 Å². The second kappa shape index (κ2) is 8.11. The molecule has 0 radical (unpaired) electrons. The van der Waals surface area contributed by atoms with Crippen molar-refractivity contribution in [2.75, 3.05) is 18.0 Å². The molecule has 1 aliphatic rings. The van der Waals surface area contributed by atoms with Gasteiger partial charge in [0.05, 0.1) is 11.8 Å². The first kappa shape index (κ1) is 21.5. The molecule has 1 saturated heterocycles. The normalized spacial score (nSPS) is 16.9. The van der Waals surface area contributed by atoms with Crippen LogP contribution in [0.5, 0.6) is 0 Å². The molecule has 31 heavy (non-hydrogen) atoms. The van der Waals surface area contributed by atoms with Gasteiger partial charge in [0.1, 0.15) is 17.8 Å². The van der Waals surface area contributed by atoms with Gasteiger partial charge in [-0.1, -0.05) is 30.3 Å². The van der Waals surface area contributed by atoms with Crippen LogP contribution in [0, 0.1) is 0 Å². The summed E-state index contributed by atoms with van der Waals surface area (Å²) in [7, 11) is 0. The third-order valence-corrected chi connectivity index (χ3v) is 5.64. The summed E-state index contributed by atoms with van der Waals surface area (Å²) in [6, 6.07) is 10.2. The van der Waals surface area contributed by atoms with Crippen LogP contribution in [0.25, 0.3) is 5.65 Å². The molecule has 5 nitrogen and oxygen atoms in total. The number of alkyl halides is 4. The number of aromatic nitrogens is 3. The van der Waals surface area contributed by atoms with E-state index >= 15 is 4.39 Å². The van der Waals surface area contributed by atoms with Crippen LogP contribution in [-0.4, -0.2) is 33.8 Å². The minimum absolute atomic E-state index is 0.00107. The van der Waals surface area contributed by atoms with Crippen LogP contribution in [0.1, 0.15) is 43.6 Å². The molecule has 0 aliphatic carbocycles. The van der Waals surface area contributed by atoms with Crippen molar-refractivity contribution in [1.29, 1.82) is 0 Å². The molecule has 0 saturated carbocycles. The van der Waals surface area contributed by atoms with Gasteiger partial charge in [0.15, 0.2) is 11.5 Å². The third kappa shape index (κ3) is 4.23. The first-order valence-electron chi connectivity index (χ1n) is 10.2. The number of pyridine rings is 1. The lowest BCUT2D eigenvalue weighted by atomic mass is 9.86. The number of rotatable bonds is 5. The van der Waals surface area contributed by atoms with Crippen molar-refractivity contribution in [3.05, 3.63) is 59.5 Å². The van der Waals surface area contributed by atoms with Crippen LogP contribution >= 0.6 is 0 Å². The number of fused-ring (bicyclic) bond motifs is 1. The zero-order valence-electron chi connectivity index (χ0n) is 17.4. The van der Waals surface area contributed by atoms with E-state index in [0.717, 1.165) is 0 Å². The predicted molar refractivity (Wildman–Crippen MR) is 109 cm³/mol. The van der Waals surface area contributed by atoms with Crippen LogP contribution in [0.3, 0.4) is 0 Å². The van der Waals surface area contributed by atoms with Gasteiger partial charge >= 0.3 is 6.18 Å². The average molecular weight is 436 g/mol. The van der Waals surface area contributed by atoms with Crippen LogP contribution in [-0.2, 0) is 23.2 Å². The van der Waals surface area contributed by atoms with Gasteiger partial charge in [-0.05, 0) is 25.5 Å². The van der Waals surface area contributed by atoms with Gasteiger partial charge in [0.25, 0.3) is 0 Å². The molecule has 166 valence electrons. The highest BCUT2D eigenvalue weighted by Gasteiger charge is 2.42. The summed E-state index contributed by atoms with van der Waals surface area (Å²) in [5.74, 6) is 0.297. The summed E-state index contributed by atoms with van der Waals surface area (Å²) >= 11 is 0. The molecule has 0 atom stereocenters. The summed E-state index contributed by atoms with van der Waals surface area (Å²) in [6.07, 6.45) is -2.98. The number of nitrogens with zero attached hydrogens (tertiary/aromatic N) is 4. The van der Waals surface area contributed by atoms with E-state index in [1.807, 2.05) is 19.9 Å². The van der Waals surface area contributed by atoms with E-state index in [1.165, 1.54) is 16.7 Å². The smallest absolute Gasteiger partial charge is 0.371 e. The summed E-state index contributed by atoms with van der Waals surface area (Å²) in [5.41, 5.74) is -2.11. The molecular weight excluding hydrogens is 412 g/mol. The predicted octanol–water partition coefficient (Wildman–Crippen LogP) is 5.14. The molecule has 2 aromatic heterocycles. The fourth-order valence-electron chi connectivity index (χ4n) is 4.00. The summed E-state index contributed by atoms with van der Waals surface area (Å²) in [5, 5.41) is 7.71. The molecule has 0 unspecified atom stereocenters. The highest BCUT2D eigenvalue weighted by molar-refractivity contribution is 5.67. The molecule has 1 aromatic carbocycles. The SMILES string of the molecule is CC(C)OCc1nnc2c(C(F)(F)F)c(N3CCC(F)(c4ccccc4)CC3)ccn12. The van der Waals surface area contributed by atoms with Crippen molar-refractivity contribution in [2.24, 2.45) is 0 Å². The molecule has 9 heteroatoms. The molecule has 0 N–H and O–H groups in total. The topological polar surface area (TPSA) is 42.7 Å². The van der Waals surface area contributed by atoms with Gasteiger partial charge in [-0.3, -0.25) is 4.40 Å². The Hall–Kier alpha value is -2.68. The van der Waals surface area contributed by atoms with Gasteiger partial charge < -0.3 is 9.64 Å². The van der Waals surface area contributed by atoms with Crippen molar-refractivity contribution < 1.29 is 22.3 Å². The Morgan fingerprint density at radius 3 is 2.35 bits per heavy atom. The highest BCUT2D eigenvalue weighted by atomic mass is 19.4. The fourth-order valence-corrected chi connectivity index (χ4v) is 4.00. The van der Waals surface area contributed by atoms with Gasteiger partial charge in [-0.2, -0.15) is 13.2 Å². The average Bonchev–Trinajstić information content (AvgIpc) is 3.15. The lowest BCUT2D eigenvalue weighted by Gasteiger charge is -2.38. The number of ether oxygens (including phenoxy) is 1. The molecule has 0 amide bonds. The lowest BCUT2D eigenvalue weighted by Crippen LogP contribution is -2.41. The Labute approximate surface area is 177 Å². The Morgan fingerprint density at radius 1 is 1.06 bits per heavy atom. The number of benzene rings is 1. The summed E-state index contributed by atoms with van der Waals surface area (Å²) in [6.45, 7) is 4.06. The standard InChI is InChI=1S/C22H24F4N4O/c1-15(2)31-14-18-27-28-20-19(22(24,25)26)17(8-11-30(18)20)29-12-9-21(23,10-13-29)16-6-4-3-5-7-16/h3-8,11,15H,9-10,12-14H2,1-2H3. The first-order chi connectivity index (χ1) is 14.7. The van der Waals surface area contributed by atoms with E-state index in [2.05, 4.69) is 10.2 Å². The largest absolute Gasteiger partial charge is 0.422 e. The second-order valence-electron chi connectivity index (χ2n) is 8.06. The van der Waals surface area contributed by atoms with Gasteiger partial charge in [-0.25, -0.2) is 4.39 Å². The number of hydrogen-bond donors (Lipinski definition) is 0. The van der Waals surface area contributed by atoms with E-state index in [9.17, 15) is 13.2 Å². The molecule has 3 aromatic rings. The number of piperidine rings is 1. The molecule has 0 spiro atoms. The van der Waals surface area contributed by atoms with Gasteiger partial charge in [-0.15, -0.1) is 10.2 Å². The summed E-state index contributed by atoms with van der Waals surface area (Å²) in [4.78, 5) is 1.59. The number of anilines is 1. The molecule has 3 heterocycles. The maximum atomic E-state index is 15.4. The molecule has 1 aliphatic heterocycles. The maximum Gasteiger partial charge on any atom is 0.422 e. The van der Waals surface area contributed by atoms with Gasteiger partial charge in [0, 0.05) is 32.1 Å². The van der Waals surface area contributed by atoms with E-state index in [4.69, 9.17) is 4.74 Å². The van der Waals surface area contributed by atoms with E-state index in [1.54, 1.807) is 29.2 Å². The Kier molecular flexibility index (Phi) is 5.63. The first-order valence-corrected chi connectivity index (χ1v) is 10.2. The highest BCUT2D eigenvalue weighted by Crippen LogP contribution is 2.43. The molecule has 0 bridgehead atoms. The lowest BCUT2D eigenvalue weighted by molar-refractivity contribution is -0.136. The Morgan fingerprint density at radius 2 is 1.74 bits per heavy atom. The number of halogens is 4. The number of hydrogen-bond acceptors (Lipinski definition) is 4. The molecule has 4 rings (SSSR count). The monoisotopic (exact) mass is 436 g/mol. The minimum atomic E-state index is -4.63. The molecule has 1 fully saturated rings. The second-order valence-corrected chi connectivity index (χ2v) is 8.06. The zero-order chi connectivity index (χ0) is 22.2. The van der Waals surface area contributed by atoms with Crippen molar-refractivity contribution in [3.63, 3.8) is 0 Å². The van der Waals surface area contributed by atoms with E-state index in [-0.39, 0.29) is 50.0 Å². The quantitative estimate of drug-likeness (QED) is 0.520. The maximum absolute atomic E-state index is 15.4. The molecular formula is C22H24F4N4O. The Balaban J connectivity index is 1.65. The van der Waals surface area contributed by atoms with Crippen LogP contribution < -0.4 is 4.90 Å². The minimum Gasteiger partial charge on any atom is -0.371 e. The van der Waals surface area contributed by atoms with Crippen LogP contribution in [0.2, 0.25) is 0 Å². The van der Waals surface area contributed by atoms with Crippen molar-refractivity contribution >= 4 is 11.3 Å². The third-order valence-electron chi connectivity index (χ3n) is 5.64. The van der Waals surface area contributed by atoms with Crippen molar-refractivity contribution in [1.82, 2.24) is 14.6 Å².